The summed E-state index contributed by atoms with van der Waals surface area (Å²) in [5.41, 5.74) is 2.03. The van der Waals surface area contributed by atoms with Crippen molar-refractivity contribution < 1.29 is 27.4 Å². The maximum absolute atomic E-state index is 15.0. The van der Waals surface area contributed by atoms with Gasteiger partial charge in [0.2, 0.25) is 5.91 Å². The quantitative estimate of drug-likeness (QED) is 0.213. The van der Waals surface area contributed by atoms with Gasteiger partial charge in [-0.2, -0.15) is 0 Å². The molecule has 4 nitrogen and oxygen atoms in total. The van der Waals surface area contributed by atoms with Crippen LogP contribution in [0.4, 0.5) is 13.2 Å². The minimum Gasteiger partial charge on any atom is -0.450 e. The summed E-state index contributed by atoms with van der Waals surface area (Å²) in [5, 5.41) is 2.84. The average molecular weight is 566 g/mol. The summed E-state index contributed by atoms with van der Waals surface area (Å²) in [6.45, 7) is 7.65. The molecule has 0 aliphatic heterocycles. The number of hydrogen-bond acceptors (Lipinski definition) is 3. The number of methoxy groups -OCH3 is 1. The van der Waals surface area contributed by atoms with Gasteiger partial charge in [0.05, 0.1) is 13.7 Å². The average Bonchev–Trinajstić information content (AvgIpc) is 2.98. The minimum atomic E-state index is -0.462. The third-order valence-corrected chi connectivity index (χ3v) is 6.31. The molecule has 0 radical (unpaired) electrons. The molecule has 41 heavy (non-hydrogen) atoms. The van der Waals surface area contributed by atoms with Crippen molar-refractivity contribution in [2.75, 3.05) is 13.7 Å². The zero-order valence-electron chi connectivity index (χ0n) is 24.3. The van der Waals surface area contributed by atoms with E-state index in [0.717, 1.165) is 0 Å². The first-order chi connectivity index (χ1) is 19.7. The molecule has 0 saturated carbocycles. The molecule has 0 saturated heterocycles. The van der Waals surface area contributed by atoms with Gasteiger partial charge in [0, 0.05) is 35.9 Å². The van der Waals surface area contributed by atoms with E-state index in [2.05, 4.69) is 29.2 Å². The number of allylic oxidation sites excluding steroid dienone is 3. The summed E-state index contributed by atoms with van der Waals surface area (Å²) in [5.74, 6) is 6.93. The van der Waals surface area contributed by atoms with Gasteiger partial charge in [0.25, 0.3) is 0 Å². The van der Waals surface area contributed by atoms with Gasteiger partial charge in [-0.15, -0.1) is 0 Å². The van der Waals surface area contributed by atoms with Crippen molar-refractivity contribution in [1.82, 2.24) is 5.32 Å². The molecule has 0 spiro atoms. The summed E-state index contributed by atoms with van der Waals surface area (Å²) in [4.78, 5) is 13.2. The van der Waals surface area contributed by atoms with Gasteiger partial charge in [-0.1, -0.05) is 62.0 Å². The van der Waals surface area contributed by atoms with Crippen LogP contribution in [0.25, 0.3) is 0 Å². The molecule has 0 bridgehead atoms. The number of halogens is 3. The van der Waals surface area contributed by atoms with Crippen LogP contribution in [0.1, 0.15) is 70.4 Å². The lowest BCUT2D eigenvalue weighted by Gasteiger charge is -2.19. The Kier molecular flexibility index (Phi) is 14.4. The van der Waals surface area contributed by atoms with E-state index in [9.17, 15) is 13.6 Å². The lowest BCUT2D eigenvalue weighted by molar-refractivity contribution is -0.120. The Hall–Kier alpha value is -3.94. The van der Waals surface area contributed by atoms with Crippen LogP contribution in [0.15, 0.2) is 71.7 Å². The molecule has 2 atom stereocenters. The highest BCUT2D eigenvalue weighted by atomic mass is 19.1. The lowest BCUT2D eigenvalue weighted by atomic mass is 9.88. The highest BCUT2D eigenvalue weighted by Crippen LogP contribution is 2.29. The van der Waals surface area contributed by atoms with Gasteiger partial charge in [0.15, 0.2) is 0 Å². The molecule has 7 heteroatoms. The standard InChI is InChI=1S/C34H38F3NO3/c1-6-29(41-23-24(4)20-21-40-5)10-9-11-30(32(37)7-2)33(8-3)38-34(39)22-31(25-12-16-27(35)17-13-25)26-14-18-28(36)19-15-26/h8,12-19,24,29,31H,6-7,11,22-23H2,1-5H3,(H,38,39). The number of carbonyl (C=O) groups excluding carboxylic acids is 1. The molecule has 0 fully saturated rings. The molecule has 1 N–H and O–H groups in total. The predicted molar refractivity (Wildman–Crippen MR) is 156 cm³/mol. The van der Waals surface area contributed by atoms with Crippen LogP contribution in [0.2, 0.25) is 0 Å². The Morgan fingerprint density at radius 3 is 2.07 bits per heavy atom. The molecule has 2 unspecified atom stereocenters. The van der Waals surface area contributed by atoms with Crippen LogP contribution in [-0.2, 0) is 14.3 Å². The molecule has 218 valence electrons. The highest BCUT2D eigenvalue weighted by Gasteiger charge is 2.21. The van der Waals surface area contributed by atoms with Crippen molar-refractivity contribution in [2.45, 2.75) is 65.4 Å². The SMILES string of the molecule is CC=C(NC(=O)CC(c1ccc(F)cc1)c1ccc(F)cc1)C(CC#CC(CC)OCC(C)C#COC)=C(F)CC. The van der Waals surface area contributed by atoms with E-state index in [1.165, 1.54) is 31.4 Å². The first-order valence-electron chi connectivity index (χ1n) is 13.7. The van der Waals surface area contributed by atoms with E-state index >= 15 is 4.39 Å². The van der Waals surface area contributed by atoms with Crippen LogP contribution in [-0.4, -0.2) is 25.7 Å². The van der Waals surface area contributed by atoms with Gasteiger partial charge in [-0.05, 0) is 62.1 Å². The number of hydrogen-bond donors (Lipinski definition) is 1. The number of rotatable bonds is 12. The largest absolute Gasteiger partial charge is 0.450 e. The fraction of sp³-hybridized carbons (Fsp3) is 0.382. The number of nitrogens with one attached hydrogen (secondary N) is 1. The van der Waals surface area contributed by atoms with E-state index in [1.807, 2.05) is 13.8 Å². The van der Waals surface area contributed by atoms with Crippen molar-refractivity contribution in [1.29, 1.82) is 0 Å². The third-order valence-electron chi connectivity index (χ3n) is 6.31. The summed E-state index contributed by atoms with van der Waals surface area (Å²) in [6, 6.07) is 11.7. The van der Waals surface area contributed by atoms with E-state index in [0.29, 0.717) is 35.4 Å². The second kappa shape index (κ2) is 17.7. The molecule has 0 aromatic heterocycles. The summed E-state index contributed by atoms with van der Waals surface area (Å²) in [6.07, 6.45) is 4.70. The first-order valence-corrected chi connectivity index (χ1v) is 13.7. The van der Waals surface area contributed by atoms with E-state index in [1.54, 1.807) is 44.2 Å². The van der Waals surface area contributed by atoms with Gasteiger partial charge >= 0.3 is 0 Å². The van der Waals surface area contributed by atoms with Gasteiger partial charge < -0.3 is 14.8 Å². The Balaban J connectivity index is 2.19. The second-order valence-electron chi connectivity index (χ2n) is 9.43. The number of benzene rings is 2. The van der Waals surface area contributed by atoms with Crippen molar-refractivity contribution in [3.05, 3.63) is 94.5 Å². The molecule has 0 heterocycles. The number of carbonyl (C=O) groups is 1. The number of amides is 1. The van der Waals surface area contributed by atoms with Gasteiger partial charge in [-0.3, -0.25) is 4.79 Å². The zero-order chi connectivity index (χ0) is 30.2. The molecular formula is C34H38F3NO3. The molecule has 1 amide bonds. The van der Waals surface area contributed by atoms with Crippen LogP contribution >= 0.6 is 0 Å². The van der Waals surface area contributed by atoms with Crippen molar-refractivity contribution in [3.8, 4) is 23.9 Å². The smallest absolute Gasteiger partial charge is 0.225 e. The second-order valence-corrected chi connectivity index (χ2v) is 9.43. The topological polar surface area (TPSA) is 47.6 Å². The normalized spacial score (nSPS) is 13.2. The first kappa shape index (κ1) is 33.3. The van der Waals surface area contributed by atoms with Crippen molar-refractivity contribution >= 4 is 5.91 Å². The molecule has 0 aliphatic rings. The maximum Gasteiger partial charge on any atom is 0.225 e. The number of ether oxygens (including phenoxy) is 2. The molecule has 2 aromatic rings. The van der Waals surface area contributed by atoms with Crippen LogP contribution in [0.3, 0.4) is 0 Å². The summed E-state index contributed by atoms with van der Waals surface area (Å²) in [7, 11) is 1.50. The fourth-order valence-electron chi connectivity index (χ4n) is 4.05. The fourth-order valence-corrected chi connectivity index (χ4v) is 4.05. The van der Waals surface area contributed by atoms with Gasteiger partial charge in [-0.25, -0.2) is 13.2 Å². The Labute approximate surface area is 242 Å². The Bertz CT molecular complexity index is 1260. The van der Waals surface area contributed by atoms with Crippen molar-refractivity contribution in [2.24, 2.45) is 5.92 Å². The predicted octanol–water partition coefficient (Wildman–Crippen LogP) is 7.57. The maximum atomic E-state index is 15.0. The van der Waals surface area contributed by atoms with E-state index in [4.69, 9.17) is 9.47 Å². The molecular weight excluding hydrogens is 527 g/mol. The van der Waals surface area contributed by atoms with Crippen LogP contribution in [0.5, 0.6) is 0 Å². The van der Waals surface area contributed by atoms with Crippen LogP contribution in [0, 0.1) is 41.4 Å². The molecule has 2 rings (SSSR count). The van der Waals surface area contributed by atoms with Gasteiger partial charge in [0.1, 0.15) is 29.7 Å². The van der Waals surface area contributed by atoms with Crippen molar-refractivity contribution in [3.63, 3.8) is 0 Å². The Morgan fingerprint density at radius 2 is 1.59 bits per heavy atom. The molecule has 0 aliphatic carbocycles. The van der Waals surface area contributed by atoms with Crippen LogP contribution < -0.4 is 5.32 Å². The summed E-state index contributed by atoms with van der Waals surface area (Å²) < 4.78 is 52.8. The Morgan fingerprint density at radius 1 is 1.00 bits per heavy atom. The third kappa shape index (κ3) is 11.2. The van der Waals surface area contributed by atoms with E-state index in [-0.39, 0.29) is 43.0 Å². The lowest BCUT2D eigenvalue weighted by Crippen LogP contribution is -2.26. The molecule has 2 aromatic carbocycles. The highest BCUT2D eigenvalue weighted by molar-refractivity contribution is 5.80. The van der Waals surface area contributed by atoms with E-state index < -0.39 is 17.6 Å². The zero-order valence-corrected chi connectivity index (χ0v) is 24.3. The monoisotopic (exact) mass is 565 g/mol. The summed E-state index contributed by atoms with van der Waals surface area (Å²) >= 11 is 0. The minimum absolute atomic E-state index is 0.0167.